The summed E-state index contributed by atoms with van der Waals surface area (Å²) in [6, 6.07) is 12.9. The van der Waals surface area contributed by atoms with Gasteiger partial charge in [-0.2, -0.15) is 0 Å². The second-order valence-electron chi connectivity index (χ2n) is 6.18. The van der Waals surface area contributed by atoms with Gasteiger partial charge in [-0.15, -0.1) is 0 Å². The lowest BCUT2D eigenvalue weighted by Crippen LogP contribution is -2.43. The fourth-order valence-electron chi connectivity index (χ4n) is 2.29. The molecule has 2 aromatic rings. The summed E-state index contributed by atoms with van der Waals surface area (Å²) in [6.07, 6.45) is -0.311. The molecule has 0 radical (unpaired) electrons. The number of carbonyl (C=O) groups is 4. The second-order valence-corrected chi connectivity index (χ2v) is 6.61. The van der Waals surface area contributed by atoms with E-state index in [1.165, 1.54) is 24.3 Å². The molecule has 3 amide bonds. The number of esters is 1. The fraction of sp³-hybridized carbons (Fsp3) is 0.238. The Balaban J connectivity index is 1.63. The maximum atomic E-state index is 11.9. The van der Waals surface area contributed by atoms with Crippen LogP contribution in [0.1, 0.15) is 30.1 Å². The third-order valence-corrected chi connectivity index (χ3v) is 4.04. The Morgan fingerprint density at radius 3 is 2.19 bits per heavy atom. The quantitative estimate of drug-likeness (QED) is 0.401. The van der Waals surface area contributed by atoms with Crippen molar-refractivity contribution in [3.05, 3.63) is 59.1 Å². The first-order valence-corrected chi connectivity index (χ1v) is 9.78. The molecular formula is C21H22ClN3O6. The number of rotatable bonds is 9. The molecule has 9 nitrogen and oxygen atoms in total. The van der Waals surface area contributed by atoms with Gasteiger partial charge in [0.15, 0.2) is 6.61 Å². The minimum atomic E-state index is -0.727. The Labute approximate surface area is 184 Å². The largest absolute Gasteiger partial charge is 0.494 e. The molecule has 0 aliphatic heterocycles. The summed E-state index contributed by atoms with van der Waals surface area (Å²) in [4.78, 5) is 47.2. The number of benzene rings is 2. The van der Waals surface area contributed by atoms with Crippen LogP contribution in [0, 0.1) is 0 Å². The summed E-state index contributed by atoms with van der Waals surface area (Å²) in [5, 5.41) is 3.12. The van der Waals surface area contributed by atoms with Crippen LogP contribution in [0.25, 0.3) is 0 Å². The zero-order valence-electron chi connectivity index (χ0n) is 16.8. The van der Waals surface area contributed by atoms with Gasteiger partial charge in [0.2, 0.25) is 5.91 Å². The van der Waals surface area contributed by atoms with Crippen LogP contribution < -0.4 is 20.9 Å². The summed E-state index contributed by atoms with van der Waals surface area (Å²) in [7, 11) is 0. The monoisotopic (exact) mass is 447 g/mol. The number of ether oxygens (including phenoxy) is 2. The van der Waals surface area contributed by atoms with Gasteiger partial charge in [0, 0.05) is 22.7 Å². The summed E-state index contributed by atoms with van der Waals surface area (Å²) >= 11 is 5.74. The average Bonchev–Trinajstić information content (AvgIpc) is 2.76. The number of hydrogen-bond acceptors (Lipinski definition) is 6. The van der Waals surface area contributed by atoms with Crippen LogP contribution in [0.4, 0.5) is 5.69 Å². The highest BCUT2D eigenvalue weighted by Crippen LogP contribution is 2.16. The number of amides is 3. The predicted octanol–water partition coefficient (Wildman–Crippen LogP) is 2.46. The molecule has 164 valence electrons. The molecule has 0 saturated heterocycles. The molecule has 31 heavy (non-hydrogen) atoms. The summed E-state index contributed by atoms with van der Waals surface area (Å²) in [6.45, 7) is 1.82. The number of nitrogens with one attached hydrogen (secondary N) is 3. The van der Waals surface area contributed by atoms with E-state index in [2.05, 4.69) is 16.2 Å². The maximum Gasteiger partial charge on any atom is 0.306 e. The van der Waals surface area contributed by atoms with Gasteiger partial charge >= 0.3 is 5.97 Å². The van der Waals surface area contributed by atoms with Crippen LogP contribution >= 0.6 is 11.6 Å². The van der Waals surface area contributed by atoms with Crippen LogP contribution in [0.2, 0.25) is 5.02 Å². The van der Waals surface area contributed by atoms with Crippen molar-refractivity contribution in [2.45, 2.75) is 19.8 Å². The Hall–Kier alpha value is -3.59. The lowest BCUT2D eigenvalue weighted by Gasteiger charge is -2.09. The van der Waals surface area contributed by atoms with Gasteiger partial charge in [0.1, 0.15) is 5.75 Å². The van der Waals surface area contributed by atoms with Crippen LogP contribution in [0.5, 0.6) is 5.75 Å². The van der Waals surface area contributed by atoms with Gasteiger partial charge < -0.3 is 14.8 Å². The minimum absolute atomic E-state index is 0.110. The van der Waals surface area contributed by atoms with Crippen molar-refractivity contribution >= 4 is 41.0 Å². The van der Waals surface area contributed by atoms with E-state index < -0.39 is 24.4 Å². The van der Waals surface area contributed by atoms with Gasteiger partial charge in [0.05, 0.1) is 13.0 Å². The van der Waals surface area contributed by atoms with Gasteiger partial charge in [-0.3, -0.25) is 30.0 Å². The number of carbonyl (C=O) groups excluding carboxylic acids is 4. The number of halogens is 1. The highest BCUT2D eigenvalue weighted by atomic mass is 35.5. The van der Waals surface area contributed by atoms with E-state index in [4.69, 9.17) is 21.1 Å². The van der Waals surface area contributed by atoms with E-state index in [1.54, 1.807) is 24.3 Å². The van der Waals surface area contributed by atoms with Crippen LogP contribution in [-0.4, -0.2) is 36.9 Å². The van der Waals surface area contributed by atoms with Gasteiger partial charge in [-0.25, -0.2) is 0 Å². The molecule has 0 heterocycles. The smallest absolute Gasteiger partial charge is 0.306 e. The van der Waals surface area contributed by atoms with Crippen molar-refractivity contribution in [3.63, 3.8) is 0 Å². The van der Waals surface area contributed by atoms with Crippen molar-refractivity contribution in [3.8, 4) is 5.75 Å². The molecule has 0 spiro atoms. The van der Waals surface area contributed by atoms with Crippen molar-refractivity contribution in [2.75, 3.05) is 18.5 Å². The highest BCUT2D eigenvalue weighted by molar-refractivity contribution is 6.30. The molecule has 0 bridgehead atoms. The lowest BCUT2D eigenvalue weighted by atomic mass is 10.2. The number of anilines is 1. The van der Waals surface area contributed by atoms with Crippen molar-refractivity contribution in [1.29, 1.82) is 0 Å². The zero-order valence-corrected chi connectivity index (χ0v) is 17.5. The van der Waals surface area contributed by atoms with Gasteiger partial charge in [0.25, 0.3) is 11.8 Å². The Morgan fingerprint density at radius 1 is 0.871 bits per heavy atom. The minimum Gasteiger partial charge on any atom is -0.494 e. The predicted molar refractivity (Wildman–Crippen MR) is 113 cm³/mol. The third kappa shape index (κ3) is 8.75. The molecule has 0 aliphatic carbocycles. The van der Waals surface area contributed by atoms with Crippen molar-refractivity contribution in [2.24, 2.45) is 0 Å². The molecule has 3 N–H and O–H groups in total. The number of hydrazine groups is 1. The molecule has 0 saturated carbocycles. The molecule has 0 unspecified atom stereocenters. The lowest BCUT2D eigenvalue weighted by molar-refractivity contribution is -0.149. The average molecular weight is 448 g/mol. The summed E-state index contributed by atoms with van der Waals surface area (Å²) in [5.74, 6) is -1.69. The first kappa shape index (κ1) is 23.7. The maximum absolute atomic E-state index is 11.9. The topological polar surface area (TPSA) is 123 Å². The van der Waals surface area contributed by atoms with Crippen molar-refractivity contribution < 1.29 is 28.7 Å². The summed E-state index contributed by atoms with van der Waals surface area (Å²) in [5.41, 5.74) is 5.17. The third-order valence-electron chi connectivity index (χ3n) is 3.79. The SMILES string of the molecule is CCOc1ccc(NC(=O)CCC(=O)OCC(=O)NNC(=O)c2ccc(Cl)cc2)cc1. The molecule has 0 aromatic heterocycles. The van der Waals surface area contributed by atoms with E-state index in [0.29, 0.717) is 28.6 Å². The normalized spacial score (nSPS) is 10.0. The highest BCUT2D eigenvalue weighted by Gasteiger charge is 2.12. The Bertz CT molecular complexity index is 916. The van der Waals surface area contributed by atoms with Gasteiger partial charge in [-0.1, -0.05) is 11.6 Å². The first-order chi connectivity index (χ1) is 14.9. The van der Waals surface area contributed by atoms with Gasteiger partial charge in [-0.05, 0) is 55.5 Å². The van der Waals surface area contributed by atoms with E-state index in [-0.39, 0.29) is 18.7 Å². The van der Waals surface area contributed by atoms with E-state index in [1.807, 2.05) is 6.92 Å². The van der Waals surface area contributed by atoms with Crippen LogP contribution in [-0.2, 0) is 19.1 Å². The number of hydrogen-bond donors (Lipinski definition) is 3. The standard InChI is InChI=1S/C21H22ClN3O6/c1-2-30-17-9-7-16(8-10-17)23-18(26)11-12-20(28)31-13-19(27)24-25-21(29)14-3-5-15(22)6-4-14/h3-10H,2,11-13H2,1H3,(H,23,26)(H,24,27)(H,25,29). The second kappa shape index (κ2) is 12.2. The summed E-state index contributed by atoms with van der Waals surface area (Å²) < 4.78 is 10.1. The molecule has 2 aromatic carbocycles. The molecule has 0 fully saturated rings. The molecule has 10 heteroatoms. The van der Waals surface area contributed by atoms with Crippen LogP contribution in [0.15, 0.2) is 48.5 Å². The van der Waals surface area contributed by atoms with E-state index in [0.717, 1.165) is 0 Å². The van der Waals surface area contributed by atoms with E-state index in [9.17, 15) is 19.2 Å². The van der Waals surface area contributed by atoms with E-state index >= 15 is 0 Å². The zero-order chi connectivity index (χ0) is 22.6. The van der Waals surface area contributed by atoms with Crippen LogP contribution in [0.3, 0.4) is 0 Å². The Morgan fingerprint density at radius 2 is 1.55 bits per heavy atom. The molecule has 0 aliphatic rings. The van der Waals surface area contributed by atoms with Crippen molar-refractivity contribution in [1.82, 2.24) is 10.9 Å². The molecule has 2 rings (SSSR count). The molecule has 0 atom stereocenters. The fourth-order valence-corrected chi connectivity index (χ4v) is 2.42. The first-order valence-electron chi connectivity index (χ1n) is 9.40. The Kier molecular flexibility index (Phi) is 9.31. The molecular weight excluding hydrogens is 426 g/mol.